The molecule has 0 heterocycles. The second kappa shape index (κ2) is 6.39. The topological polar surface area (TPSA) is 97.5 Å². The molecule has 0 fully saturated rings. The first-order chi connectivity index (χ1) is 9.49. The van der Waals surface area contributed by atoms with Gasteiger partial charge in [-0.15, -0.1) is 0 Å². The Bertz CT molecular complexity index is 730. The number of rotatable bonds is 6. The standard InChI is InChI=1S/C12H19FN2O4S2/c1-9-6-11(7-10(8-14)12(9)13)21(18,19)15(2)4-5-20(3,16)17/h6-7H,4-5,8,14H2,1-3H3. The molecule has 120 valence electrons. The Labute approximate surface area is 124 Å². The van der Waals surface area contributed by atoms with Crippen LogP contribution in [0, 0.1) is 12.7 Å². The molecule has 0 aliphatic carbocycles. The summed E-state index contributed by atoms with van der Waals surface area (Å²) in [5, 5.41) is 0. The van der Waals surface area contributed by atoms with Gasteiger partial charge in [-0.25, -0.2) is 21.2 Å². The lowest BCUT2D eigenvalue weighted by atomic mass is 10.1. The lowest BCUT2D eigenvalue weighted by molar-refractivity contribution is 0.484. The van der Waals surface area contributed by atoms with Crippen LogP contribution in [0.25, 0.3) is 0 Å². The van der Waals surface area contributed by atoms with Gasteiger partial charge in [0.15, 0.2) is 0 Å². The monoisotopic (exact) mass is 338 g/mol. The zero-order chi connectivity index (χ0) is 16.4. The van der Waals surface area contributed by atoms with Gasteiger partial charge in [0.1, 0.15) is 15.7 Å². The lowest BCUT2D eigenvalue weighted by Crippen LogP contribution is -2.31. The van der Waals surface area contributed by atoms with Crippen molar-refractivity contribution >= 4 is 19.9 Å². The number of halogens is 1. The number of hydrogen-bond donors (Lipinski definition) is 1. The molecule has 1 aromatic rings. The van der Waals surface area contributed by atoms with Crippen LogP contribution in [0.2, 0.25) is 0 Å². The second-order valence-electron chi connectivity index (χ2n) is 4.87. The van der Waals surface area contributed by atoms with E-state index in [0.717, 1.165) is 10.6 Å². The molecule has 6 nitrogen and oxygen atoms in total. The van der Waals surface area contributed by atoms with Crippen molar-refractivity contribution < 1.29 is 21.2 Å². The Hall–Kier alpha value is -1.03. The van der Waals surface area contributed by atoms with Crippen LogP contribution >= 0.6 is 0 Å². The third kappa shape index (κ3) is 4.47. The number of nitrogens with two attached hydrogens (primary N) is 1. The second-order valence-corrected chi connectivity index (χ2v) is 9.18. The molecule has 0 saturated heterocycles. The number of nitrogens with zero attached hydrogens (tertiary/aromatic N) is 1. The molecule has 1 aromatic carbocycles. The highest BCUT2D eigenvalue weighted by Gasteiger charge is 2.23. The van der Waals surface area contributed by atoms with Crippen molar-refractivity contribution in [3.8, 4) is 0 Å². The van der Waals surface area contributed by atoms with Crippen LogP contribution in [0.4, 0.5) is 4.39 Å². The Morgan fingerprint density at radius 3 is 2.29 bits per heavy atom. The highest BCUT2D eigenvalue weighted by atomic mass is 32.2. The molecule has 0 aromatic heterocycles. The highest BCUT2D eigenvalue weighted by Crippen LogP contribution is 2.21. The van der Waals surface area contributed by atoms with Crippen molar-refractivity contribution in [2.24, 2.45) is 5.73 Å². The zero-order valence-corrected chi connectivity index (χ0v) is 13.8. The molecule has 0 spiro atoms. The molecule has 0 radical (unpaired) electrons. The van der Waals surface area contributed by atoms with Crippen molar-refractivity contribution in [2.45, 2.75) is 18.4 Å². The molecule has 0 atom stereocenters. The minimum Gasteiger partial charge on any atom is -0.326 e. The van der Waals surface area contributed by atoms with E-state index in [2.05, 4.69) is 0 Å². The Kier molecular flexibility index (Phi) is 5.48. The molecule has 0 unspecified atom stereocenters. The van der Waals surface area contributed by atoms with Gasteiger partial charge in [0.05, 0.1) is 10.6 Å². The van der Waals surface area contributed by atoms with E-state index >= 15 is 0 Å². The maximum atomic E-state index is 13.7. The molecule has 9 heteroatoms. The molecule has 0 saturated carbocycles. The third-order valence-corrected chi connectivity index (χ3v) is 5.77. The van der Waals surface area contributed by atoms with Crippen LogP contribution in [0.1, 0.15) is 11.1 Å². The van der Waals surface area contributed by atoms with Crippen molar-refractivity contribution in [2.75, 3.05) is 25.6 Å². The molecular formula is C12H19FN2O4S2. The molecule has 2 N–H and O–H groups in total. The van der Waals surface area contributed by atoms with Gasteiger partial charge in [-0.3, -0.25) is 0 Å². The minimum absolute atomic E-state index is 0.0992. The van der Waals surface area contributed by atoms with Crippen molar-refractivity contribution in [3.63, 3.8) is 0 Å². The van der Waals surface area contributed by atoms with E-state index in [1.54, 1.807) is 0 Å². The average Bonchev–Trinajstić information content (AvgIpc) is 2.37. The Balaban J connectivity index is 3.16. The summed E-state index contributed by atoms with van der Waals surface area (Å²) in [5.74, 6) is -0.817. The number of sulfonamides is 1. The van der Waals surface area contributed by atoms with Crippen molar-refractivity contribution in [3.05, 3.63) is 29.1 Å². The van der Waals surface area contributed by atoms with E-state index in [1.165, 1.54) is 26.1 Å². The first-order valence-corrected chi connectivity index (χ1v) is 9.62. The van der Waals surface area contributed by atoms with Crippen LogP contribution in [-0.2, 0) is 26.4 Å². The minimum atomic E-state index is -3.89. The predicted molar refractivity (Wildman–Crippen MR) is 78.6 cm³/mol. The molecule has 0 aliphatic heterocycles. The smallest absolute Gasteiger partial charge is 0.242 e. The van der Waals surface area contributed by atoms with Gasteiger partial charge < -0.3 is 5.73 Å². The third-order valence-electron chi connectivity index (χ3n) is 3.01. The Morgan fingerprint density at radius 1 is 1.24 bits per heavy atom. The predicted octanol–water partition coefficient (Wildman–Crippen LogP) is 0.258. The van der Waals surface area contributed by atoms with E-state index in [1.807, 2.05) is 0 Å². The van der Waals surface area contributed by atoms with Gasteiger partial charge in [-0.05, 0) is 24.6 Å². The van der Waals surface area contributed by atoms with Crippen LogP contribution in [0.15, 0.2) is 17.0 Å². The molecular weight excluding hydrogens is 319 g/mol. The van der Waals surface area contributed by atoms with E-state index in [4.69, 9.17) is 5.73 Å². The first-order valence-electron chi connectivity index (χ1n) is 6.12. The van der Waals surface area contributed by atoms with Crippen LogP contribution in [0.3, 0.4) is 0 Å². The lowest BCUT2D eigenvalue weighted by Gasteiger charge is -2.18. The van der Waals surface area contributed by atoms with Gasteiger partial charge in [-0.2, -0.15) is 4.31 Å². The quantitative estimate of drug-likeness (QED) is 0.802. The van der Waals surface area contributed by atoms with Gasteiger partial charge >= 0.3 is 0 Å². The van der Waals surface area contributed by atoms with Crippen LogP contribution in [0.5, 0.6) is 0 Å². The fourth-order valence-electron chi connectivity index (χ4n) is 1.70. The van der Waals surface area contributed by atoms with E-state index in [9.17, 15) is 21.2 Å². The highest BCUT2D eigenvalue weighted by molar-refractivity contribution is 7.91. The van der Waals surface area contributed by atoms with Gasteiger partial charge in [-0.1, -0.05) is 0 Å². The summed E-state index contributed by atoms with van der Waals surface area (Å²) in [7, 11) is -5.88. The molecule has 21 heavy (non-hydrogen) atoms. The maximum absolute atomic E-state index is 13.7. The van der Waals surface area contributed by atoms with Gasteiger partial charge in [0.25, 0.3) is 0 Å². The summed E-state index contributed by atoms with van der Waals surface area (Å²) in [6.45, 7) is 1.16. The van der Waals surface area contributed by atoms with E-state index in [0.29, 0.717) is 0 Å². The van der Waals surface area contributed by atoms with Gasteiger partial charge in [0.2, 0.25) is 10.0 Å². The molecule has 1 rings (SSSR count). The molecule has 0 bridgehead atoms. The Morgan fingerprint density at radius 2 is 1.81 bits per heavy atom. The van der Waals surface area contributed by atoms with Crippen molar-refractivity contribution in [1.82, 2.24) is 4.31 Å². The first kappa shape index (κ1) is 18.0. The fraction of sp³-hybridized carbons (Fsp3) is 0.500. The van der Waals surface area contributed by atoms with Crippen LogP contribution < -0.4 is 5.73 Å². The molecule has 0 aliphatic rings. The van der Waals surface area contributed by atoms with Crippen molar-refractivity contribution in [1.29, 1.82) is 0 Å². The SMILES string of the molecule is Cc1cc(S(=O)(=O)N(C)CCS(C)(=O)=O)cc(CN)c1F. The van der Waals surface area contributed by atoms with Gasteiger partial charge in [0, 0.05) is 32.0 Å². The zero-order valence-electron chi connectivity index (χ0n) is 12.1. The number of hydrogen-bond acceptors (Lipinski definition) is 5. The fourth-order valence-corrected chi connectivity index (χ4v) is 3.73. The summed E-state index contributed by atoms with van der Waals surface area (Å²) >= 11 is 0. The van der Waals surface area contributed by atoms with E-state index < -0.39 is 25.7 Å². The number of sulfone groups is 1. The largest absolute Gasteiger partial charge is 0.326 e. The summed E-state index contributed by atoms with van der Waals surface area (Å²) in [5.41, 5.74) is 5.67. The van der Waals surface area contributed by atoms with E-state index in [-0.39, 0.29) is 34.9 Å². The number of benzene rings is 1. The summed E-state index contributed by atoms with van der Waals surface area (Å²) in [6, 6.07) is 2.38. The average molecular weight is 338 g/mol. The van der Waals surface area contributed by atoms with Crippen LogP contribution in [-0.4, -0.2) is 46.7 Å². The normalized spacial score (nSPS) is 12.9. The summed E-state index contributed by atoms with van der Waals surface area (Å²) in [4.78, 5) is -0.0992. The maximum Gasteiger partial charge on any atom is 0.242 e. The summed E-state index contributed by atoms with van der Waals surface area (Å²) < 4.78 is 61.6. The number of aryl methyl sites for hydroxylation is 1. The summed E-state index contributed by atoms with van der Waals surface area (Å²) in [6.07, 6.45) is 1.03. The molecule has 0 amide bonds.